The highest BCUT2D eigenvalue weighted by Gasteiger charge is 2.67. The molecule has 1 saturated carbocycles. The number of fused-ring (bicyclic) bond motifs is 4. The van der Waals surface area contributed by atoms with Gasteiger partial charge in [0, 0.05) is 18.0 Å². The zero-order valence-corrected chi connectivity index (χ0v) is 22.3. The first-order valence-electron chi connectivity index (χ1n) is 13.7. The monoisotopic (exact) mass is 528 g/mol. The normalized spacial score (nSPS) is 31.7. The highest BCUT2D eigenvalue weighted by atomic mass is 16.5. The average Bonchev–Trinajstić information content (AvgIpc) is 3.30. The van der Waals surface area contributed by atoms with Crippen molar-refractivity contribution in [2.45, 2.75) is 39.5 Å². The van der Waals surface area contributed by atoms with Gasteiger partial charge in [0.25, 0.3) is 0 Å². The summed E-state index contributed by atoms with van der Waals surface area (Å²) < 4.78 is 5.68. The molecule has 3 fully saturated rings. The lowest BCUT2D eigenvalue weighted by atomic mass is 9.51. The molecule has 2 saturated heterocycles. The van der Waals surface area contributed by atoms with Crippen LogP contribution >= 0.6 is 0 Å². The number of rotatable bonds is 5. The molecular weight excluding hydrogens is 496 g/mol. The zero-order valence-electron chi connectivity index (χ0n) is 22.3. The van der Waals surface area contributed by atoms with Crippen molar-refractivity contribution in [3.05, 3.63) is 65.7 Å². The van der Waals surface area contributed by atoms with Gasteiger partial charge in [-0.2, -0.15) is 0 Å². The van der Waals surface area contributed by atoms with E-state index < -0.39 is 35.0 Å². The minimum Gasteiger partial charge on any atom is -0.504 e. The number of amides is 4. The van der Waals surface area contributed by atoms with Gasteiger partial charge in [-0.25, -0.2) is 4.90 Å². The van der Waals surface area contributed by atoms with Gasteiger partial charge in [-0.3, -0.25) is 24.1 Å². The summed E-state index contributed by atoms with van der Waals surface area (Å²) in [6.45, 7) is 6.06. The Morgan fingerprint density at radius 3 is 2.38 bits per heavy atom. The number of likely N-dealkylation sites (tertiary alicyclic amines) is 1. The molecule has 4 amide bonds. The van der Waals surface area contributed by atoms with E-state index in [4.69, 9.17) is 4.74 Å². The van der Waals surface area contributed by atoms with Gasteiger partial charge in [0.05, 0.1) is 35.5 Å². The SMILES string of the molecule is CCOc1cccc(C2C3=CCC4C(=O)N(CC)C(=O)C4C3CC3C(=O)N(c4ccccc4)C(=O)C32C)c1O. The minimum atomic E-state index is -1.21. The standard InChI is InChI=1S/C31H32N2O6/c1-4-32-27(35)19-15-14-18-21(24(19)29(32)37)16-22-28(36)33(17-10-7-6-8-11-17)30(38)31(22,3)25(18)20-12-9-13-23(26(20)34)39-5-2/h6-14,19,21-22,24-25,34H,4-5,15-16H2,1-3H3. The van der Waals surface area contributed by atoms with Crippen LogP contribution in [0.5, 0.6) is 11.5 Å². The van der Waals surface area contributed by atoms with Crippen molar-refractivity contribution in [3.8, 4) is 11.5 Å². The van der Waals surface area contributed by atoms with Crippen LogP contribution < -0.4 is 9.64 Å². The average molecular weight is 529 g/mol. The van der Waals surface area contributed by atoms with E-state index >= 15 is 0 Å². The number of benzene rings is 2. The summed E-state index contributed by atoms with van der Waals surface area (Å²) in [5, 5.41) is 11.4. The van der Waals surface area contributed by atoms with Crippen molar-refractivity contribution in [1.82, 2.24) is 4.90 Å². The fourth-order valence-corrected chi connectivity index (χ4v) is 7.60. The van der Waals surface area contributed by atoms with Crippen molar-refractivity contribution >= 4 is 29.3 Å². The third-order valence-corrected chi connectivity index (χ3v) is 9.34. The highest BCUT2D eigenvalue weighted by Crippen LogP contribution is 2.64. The molecule has 8 heteroatoms. The number of aromatic hydroxyl groups is 1. The number of ether oxygens (including phenoxy) is 1. The number of carbonyl (C=O) groups excluding carboxylic acids is 4. The Morgan fingerprint density at radius 1 is 0.949 bits per heavy atom. The quantitative estimate of drug-likeness (QED) is 0.464. The summed E-state index contributed by atoms with van der Waals surface area (Å²) in [5.74, 6) is -3.68. The van der Waals surface area contributed by atoms with Crippen LogP contribution in [-0.2, 0) is 19.2 Å². The number of carbonyl (C=O) groups is 4. The van der Waals surface area contributed by atoms with Crippen molar-refractivity contribution in [2.75, 3.05) is 18.1 Å². The number of para-hydroxylation sites is 2. The molecule has 2 aliphatic carbocycles. The number of hydrogen-bond donors (Lipinski definition) is 1. The summed E-state index contributed by atoms with van der Waals surface area (Å²) in [4.78, 5) is 57.6. The summed E-state index contributed by atoms with van der Waals surface area (Å²) in [6, 6.07) is 14.1. The van der Waals surface area contributed by atoms with Crippen LogP contribution in [0.1, 0.15) is 45.1 Å². The molecule has 202 valence electrons. The van der Waals surface area contributed by atoms with Gasteiger partial charge in [-0.05, 0) is 57.7 Å². The molecule has 2 heterocycles. The van der Waals surface area contributed by atoms with Gasteiger partial charge in [0.2, 0.25) is 23.6 Å². The maximum Gasteiger partial charge on any atom is 0.241 e. The van der Waals surface area contributed by atoms with E-state index in [0.29, 0.717) is 36.6 Å². The maximum absolute atomic E-state index is 14.3. The Balaban J connectivity index is 1.55. The summed E-state index contributed by atoms with van der Waals surface area (Å²) in [7, 11) is 0. The minimum absolute atomic E-state index is 0.0737. The van der Waals surface area contributed by atoms with E-state index in [1.807, 2.05) is 19.1 Å². The number of phenolic OH excluding ortho intramolecular Hbond substituents is 1. The summed E-state index contributed by atoms with van der Waals surface area (Å²) in [5.41, 5.74) is 0.617. The Bertz CT molecular complexity index is 1420. The second-order valence-electron chi connectivity index (χ2n) is 11.0. The van der Waals surface area contributed by atoms with Crippen LogP contribution in [0.25, 0.3) is 0 Å². The lowest BCUT2D eigenvalue weighted by molar-refractivity contribution is -0.140. The van der Waals surface area contributed by atoms with Crippen LogP contribution in [-0.4, -0.2) is 46.8 Å². The molecule has 39 heavy (non-hydrogen) atoms. The molecule has 2 aliphatic heterocycles. The lowest BCUT2D eigenvalue weighted by Crippen LogP contribution is -2.48. The second kappa shape index (κ2) is 9.07. The van der Waals surface area contributed by atoms with E-state index in [1.165, 1.54) is 9.80 Å². The molecule has 6 rings (SSSR count). The Kier molecular flexibility index (Phi) is 5.90. The fraction of sp³-hybridized carbons (Fsp3) is 0.419. The molecule has 2 aromatic carbocycles. The number of imide groups is 2. The largest absolute Gasteiger partial charge is 0.504 e. The maximum atomic E-state index is 14.3. The van der Waals surface area contributed by atoms with E-state index in [9.17, 15) is 24.3 Å². The Hall–Kier alpha value is -3.94. The molecular formula is C31H32N2O6. The van der Waals surface area contributed by atoms with Crippen molar-refractivity contribution < 1.29 is 29.0 Å². The lowest BCUT2D eigenvalue weighted by Gasteiger charge is -2.49. The first kappa shape index (κ1) is 25.3. The van der Waals surface area contributed by atoms with Gasteiger partial charge in [-0.15, -0.1) is 0 Å². The molecule has 2 aromatic rings. The third kappa shape index (κ3) is 3.36. The number of anilines is 1. The fourth-order valence-electron chi connectivity index (χ4n) is 7.60. The molecule has 1 N–H and O–H groups in total. The zero-order chi connectivity index (χ0) is 27.6. The molecule has 4 aliphatic rings. The Morgan fingerprint density at radius 2 is 1.69 bits per heavy atom. The van der Waals surface area contributed by atoms with Gasteiger partial charge >= 0.3 is 0 Å². The van der Waals surface area contributed by atoms with Crippen LogP contribution in [0.15, 0.2) is 60.2 Å². The predicted molar refractivity (Wildman–Crippen MR) is 143 cm³/mol. The molecule has 0 aromatic heterocycles. The van der Waals surface area contributed by atoms with Crippen molar-refractivity contribution in [1.29, 1.82) is 0 Å². The molecule has 0 spiro atoms. The van der Waals surface area contributed by atoms with Gasteiger partial charge in [0.15, 0.2) is 11.5 Å². The van der Waals surface area contributed by atoms with Gasteiger partial charge in [-0.1, -0.05) is 42.0 Å². The molecule has 8 nitrogen and oxygen atoms in total. The second-order valence-corrected chi connectivity index (χ2v) is 11.0. The van der Waals surface area contributed by atoms with Crippen LogP contribution in [0.2, 0.25) is 0 Å². The summed E-state index contributed by atoms with van der Waals surface area (Å²) >= 11 is 0. The molecule has 6 unspecified atom stereocenters. The number of allylic oxidation sites excluding steroid dienone is 2. The topological polar surface area (TPSA) is 104 Å². The van der Waals surface area contributed by atoms with Gasteiger partial charge < -0.3 is 9.84 Å². The van der Waals surface area contributed by atoms with E-state index in [2.05, 4.69) is 0 Å². The number of phenols is 1. The first-order chi connectivity index (χ1) is 18.7. The van der Waals surface area contributed by atoms with Gasteiger partial charge in [0.1, 0.15) is 0 Å². The van der Waals surface area contributed by atoms with Crippen molar-refractivity contribution in [3.63, 3.8) is 0 Å². The third-order valence-electron chi connectivity index (χ3n) is 9.34. The van der Waals surface area contributed by atoms with E-state index in [1.54, 1.807) is 56.3 Å². The molecule has 6 atom stereocenters. The molecule has 0 bridgehead atoms. The smallest absolute Gasteiger partial charge is 0.241 e. The molecule has 0 radical (unpaired) electrons. The van der Waals surface area contributed by atoms with E-state index in [0.717, 1.165) is 5.57 Å². The number of hydrogen-bond acceptors (Lipinski definition) is 6. The van der Waals surface area contributed by atoms with Crippen LogP contribution in [0.3, 0.4) is 0 Å². The van der Waals surface area contributed by atoms with Crippen LogP contribution in [0, 0.1) is 29.1 Å². The highest BCUT2D eigenvalue weighted by molar-refractivity contribution is 6.24. The first-order valence-corrected chi connectivity index (χ1v) is 13.7. The Labute approximate surface area is 227 Å². The van der Waals surface area contributed by atoms with Crippen LogP contribution in [0.4, 0.5) is 5.69 Å². The predicted octanol–water partition coefficient (Wildman–Crippen LogP) is 4.04. The number of nitrogens with zero attached hydrogens (tertiary/aromatic N) is 2. The van der Waals surface area contributed by atoms with E-state index in [-0.39, 0.29) is 35.8 Å². The van der Waals surface area contributed by atoms with Crippen molar-refractivity contribution in [2.24, 2.45) is 29.1 Å². The summed E-state index contributed by atoms with van der Waals surface area (Å²) in [6.07, 6.45) is 2.65.